The molecular weight excluding hydrogens is 454 g/mol. The first-order valence-corrected chi connectivity index (χ1v) is 13.6. The summed E-state index contributed by atoms with van der Waals surface area (Å²) in [6.45, 7) is 7.98. The lowest BCUT2D eigenvalue weighted by Gasteiger charge is -2.36. The Morgan fingerprint density at radius 3 is 2.33 bits per heavy atom. The molecule has 2 unspecified atom stereocenters. The second-order valence-corrected chi connectivity index (χ2v) is 10.5. The van der Waals surface area contributed by atoms with Crippen LogP contribution in [0, 0.1) is 0 Å². The third-order valence-electron chi connectivity index (χ3n) is 8.05. The highest BCUT2D eigenvalue weighted by molar-refractivity contribution is 5.78. The Kier molecular flexibility index (Phi) is 6.98. The number of piperazine rings is 1. The molecule has 2 aromatic carbocycles. The molecule has 0 aromatic heterocycles. The SMILES string of the molecule is O=C(CN1CCN(CC2COC3(O2)c2ccccc2COc2ccccc23)CC1)N1CCCCCC1. The molecule has 192 valence electrons. The monoisotopic (exact) mass is 491 g/mol. The van der Waals surface area contributed by atoms with Gasteiger partial charge in [0.1, 0.15) is 12.4 Å². The molecule has 3 fully saturated rings. The van der Waals surface area contributed by atoms with Gasteiger partial charge in [-0.1, -0.05) is 49.2 Å². The van der Waals surface area contributed by atoms with Crippen LogP contribution in [0.3, 0.4) is 0 Å². The van der Waals surface area contributed by atoms with Crippen LogP contribution >= 0.6 is 0 Å². The van der Waals surface area contributed by atoms with E-state index in [1.807, 2.05) is 30.3 Å². The summed E-state index contributed by atoms with van der Waals surface area (Å²) >= 11 is 0. The number of para-hydroxylation sites is 1. The van der Waals surface area contributed by atoms with Gasteiger partial charge in [0.2, 0.25) is 11.7 Å². The molecule has 36 heavy (non-hydrogen) atoms. The van der Waals surface area contributed by atoms with E-state index in [-0.39, 0.29) is 6.10 Å². The molecule has 4 aliphatic heterocycles. The van der Waals surface area contributed by atoms with Gasteiger partial charge in [-0.05, 0) is 30.5 Å². The number of nitrogens with zero attached hydrogens (tertiary/aromatic N) is 3. The molecule has 4 aliphatic rings. The Bertz CT molecular complexity index is 1010. The molecule has 0 bridgehead atoms. The molecule has 7 nitrogen and oxygen atoms in total. The van der Waals surface area contributed by atoms with Gasteiger partial charge in [0.25, 0.3) is 0 Å². The second kappa shape index (κ2) is 10.5. The fourth-order valence-electron chi connectivity index (χ4n) is 6.05. The lowest BCUT2D eigenvalue weighted by molar-refractivity contribution is -0.145. The number of carbonyl (C=O) groups is 1. The van der Waals surface area contributed by atoms with Crippen molar-refractivity contribution in [3.63, 3.8) is 0 Å². The van der Waals surface area contributed by atoms with E-state index in [1.54, 1.807) is 0 Å². The van der Waals surface area contributed by atoms with Gasteiger partial charge in [-0.2, -0.15) is 0 Å². The Labute approximate surface area is 213 Å². The first-order valence-electron chi connectivity index (χ1n) is 13.6. The van der Waals surface area contributed by atoms with Crippen molar-refractivity contribution in [2.45, 2.75) is 44.2 Å². The molecule has 7 heteroatoms. The Hall–Kier alpha value is -2.45. The van der Waals surface area contributed by atoms with Crippen LogP contribution in [0.15, 0.2) is 48.5 Å². The standard InChI is InChI=1S/C29H37N3O4/c33-28(32-13-7-1-2-8-14-32)20-31-17-15-30(16-18-31)19-24-22-35-29(36-24)25-10-4-3-9-23(25)21-34-27-12-6-5-11-26(27)29/h3-6,9-12,24H,1-2,7-8,13-22H2. The molecule has 0 N–H and O–H groups in total. The number of hydrogen-bond donors (Lipinski definition) is 0. The van der Waals surface area contributed by atoms with E-state index in [2.05, 4.69) is 32.9 Å². The van der Waals surface area contributed by atoms with Crippen LogP contribution in [0.25, 0.3) is 0 Å². The number of benzene rings is 2. The van der Waals surface area contributed by atoms with Gasteiger partial charge in [0.05, 0.1) is 24.8 Å². The predicted octanol–water partition coefficient (Wildman–Crippen LogP) is 3.22. The summed E-state index contributed by atoms with van der Waals surface area (Å²) in [5.41, 5.74) is 3.07. The third-order valence-corrected chi connectivity index (χ3v) is 8.05. The topological polar surface area (TPSA) is 54.5 Å². The van der Waals surface area contributed by atoms with Crippen molar-refractivity contribution in [2.24, 2.45) is 0 Å². The summed E-state index contributed by atoms with van der Waals surface area (Å²) in [6, 6.07) is 16.3. The van der Waals surface area contributed by atoms with Crippen molar-refractivity contribution < 1.29 is 19.0 Å². The first-order chi connectivity index (χ1) is 17.7. The molecule has 3 saturated heterocycles. The second-order valence-electron chi connectivity index (χ2n) is 10.5. The van der Waals surface area contributed by atoms with Crippen molar-refractivity contribution >= 4 is 5.91 Å². The van der Waals surface area contributed by atoms with Crippen LogP contribution in [-0.4, -0.2) is 85.7 Å². The highest BCUT2D eigenvalue weighted by Gasteiger charge is 2.49. The van der Waals surface area contributed by atoms with Crippen molar-refractivity contribution in [3.05, 3.63) is 65.2 Å². The van der Waals surface area contributed by atoms with Gasteiger partial charge in [-0.25, -0.2) is 0 Å². The Morgan fingerprint density at radius 1 is 0.833 bits per heavy atom. The molecule has 0 aliphatic carbocycles. The van der Waals surface area contributed by atoms with E-state index in [0.29, 0.717) is 25.7 Å². The number of amides is 1. The number of rotatable bonds is 4. The number of hydrogen-bond acceptors (Lipinski definition) is 6. The molecule has 1 amide bonds. The smallest absolute Gasteiger partial charge is 0.236 e. The fraction of sp³-hybridized carbons (Fsp3) is 0.552. The summed E-state index contributed by atoms with van der Waals surface area (Å²) < 4.78 is 19.5. The first kappa shape index (κ1) is 23.9. The van der Waals surface area contributed by atoms with E-state index < -0.39 is 5.79 Å². The fourth-order valence-corrected chi connectivity index (χ4v) is 6.05. The summed E-state index contributed by atoms with van der Waals surface area (Å²) in [7, 11) is 0. The number of fused-ring (bicyclic) bond motifs is 4. The average Bonchev–Trinajstić information content (AvgIpc) is 3.08. The summed E-state index contributed by atoms with van der Waals surface area (Å²) in [5.74, 6) is 0.181. The van der Waals surface area contributed by atoms with E-state index in [9.17, 15) is 4.79 Å². The largest absolute Gasteiger partial charge is 0.488 e. The summed E-state index contributed by atoms with van der Waals surface area (Å²) in [4.78, 5) is 19.6. The van der Waals surface area contributed by atoms with Gasteiger partial charge < -0.3 is 19.1 Å². The van der Waals surface area contributed by atoms with E-state index in [4.69, 9.17) is 14.2 Å². The summed E-state index contributed by atoms with van der Waals surface area (Å²) in [6.07, 6.45) is 4.76. The highest BCUT2D eigenvalue weighted by atomic mass is 16.7. The van der Waals surface area contributed by atoms with Crippen LogP contribution in [-0.2, 0) is 26.7 Å². The van der Waals surface area contributed by atoms with Gasteiger partial charge in [0, 0.05) is 51.4 Å². The number of likely N-dealkylation sites (tertiary alicyclic amines) is 1. The average molecular weight is 492 g/mol. The van der Waals surface area contributed by atoms with Gasteiger partial charge in [-0.15, -0.1) is 0 Å². The lowest BCUT2D eigenvalue weighted by Crippen LogP contribution is -2.51. The van der Waals surface area contributed by atoms with Crippen LogP contribution in [0.2, 0.25) is 0 Å². The molecule has 4 heterocycles. The zero-order chi connectivity index (χ0) is 24.4. The van der Waals surface area contributed by atoms with E-state index in [0.717, 1.165) is 81.1 Å². The zero-order valence-corrected chi connectivity index (χ0v) is 21.1. The molecule has 1 spiro atoms. The number of carbonyl (C=O) groups excluding carboxylic acids is 1. The van der Waals surface area contributed by atoms with E-state index >= 15 is 0 Å². The maximum absolute atomic E-state index is 12.8. The van der Waals surface area contributed by atoms with Crippen LogP contribution in [0.1, 0.15) is 42.4 Å². The van der Waals surface area contributed by atoms with Crippen LogP contribution < -0.4 is 4.74 Å². The Balaban J connectivity index is 1.08. The zero-order valence-electron chi connectivity index (χ0n) is 21.1. The molecule has 0 saturated carbocycles. The van der Waals surface area contributed by atoms with Crippen molar-refractivity contribution in [1.29, 1.82) is 0 Å². The quantitative estimate of drug-likeness (QED) is 0.655. The van der Waals surface area contributed by atoms with Crippen molar-refractivity contribution in [1.82, 2.24) is 14.7 Å². The predicted molar refractivity (Wildman–Crippen MR) is 137 cm³/mol. The van der Waals surface area contributed by atoms with Crippen LogP contribution in [0.5, 0.6) is 5.75 Å². The lowest BCUT2D eigenvalue weighted by atomic mass is 9.93. The van der Waals surface area contributed by atoms with Crippen LogP contribution in [0.4, 0.5) is 0 Å². The normalized spacial score (nSPS) is 27.1. The van der Waals surface area contributed by atoms with Gasteiger partial charge in [0.15, 0.2) is 0 Å². The minimum Gasteiger partial charge on any atom is -0.488 e. The molecular formula is C29H37N3O4. The van der Waals surface area contributed by atoms with E-state index in [1.165, 1.54) is 12.8 Å². The maximum Gasteiger partial charge on any atom is 0.236 e. The molecule has 6 rings (SSSR count). The van der Waals surface area contributed by atoms with Gasteiger partial charge >= 0.3 is 0 Å². The third kappa shape index (κ3) is 4.77. The minimum atomic E-state index is -0.935. The Morgan fingerprint density at radius 2 is 1.53 bits per heavy atom. The van der Waals surface area contributed by atoms with Gasteiger partial charge in [-0.3, -0.25) is 14.6 Å². The minimum absolute atomic E-state index is 0.0329. The van der Waals surface area contributed by atoms with Crippen molar-refractivity contribution in [3.8, 4) is 5.75 Å². The maximum atomic E-state index is 12.8. The summed E-state index contributed by atoms with van der Waals surface area (Å²) in [5, 5.41) is 0. The molecule has 0 radical (unpaired) electrons. The molecule has 2 atom stereocenters. The van der Waals surface area contributed by atoms with Crippen molar-refractivity contribution in [2.75, 3.05) is 59.0 Å². The number of ether oxygens (including phenoxy) is 3. The highest BCUT2D eigenvalue weighted by Crippen LogP contribution is 2.47. The molecule has 2 aromatic rings.